The van der Waals surface area contributed by atoms with Gasteiger partial charge in [-0.05, 0) is 35.8 Å². The lowest BCUT2D eigenvalue weighted by Crippen LogP contribution is -2.28. The minimum Gasteiger partial charge on any atom is -0.396 e. The van der Waals surface area contributed by atoms with E-state index in [-0.39, 0.29) is 29.2 Å². The normalized spacial score (nSPS) is 11.6. The summed E-state index contributed by atoms with van der Waals surface area (Å²) in [7, 11) is 0. The zero-order valence-corrected chi connectivity index (χ0v) is 13.0. The first-order chi connectivity index (χ1) is 10.4. The smallest absolute Gasteiger partial charge is 0.267 e. The fourth-order valence-electron chi connectivity index (χ4n) is 2.28. The highest BCUT2D eigenvalue weighted by molar-refractivity contribution is 5.96. The number of carbonyl (C=O) groups is 1. The van der Waals surface area contributed by atoms with Crippen molar-refractivity contribution in [3.8, 4) is 0 Å². The molecule has 0 aliphatic carbocycles. The number of benzene rings is 1. The lowest BCUT2D eigenvalue weighted by atomic mass is 9.89. The molecule has 2 aromatic rings. The lowest BCUT2D eigenvalue weighted by Gasteiger charge is -2.21. The van der Waals surface area contributed by atoms with Crippen molar-refractivity contribution < 1.29 is 9.90 Å². The average Bonchev–Trinajstić information content (AvgIpc) is 2.51. The number of hydrogen-bond acceptors (Lipinski definition) is 3. The molecule has 22 heavy (non-hydrogen) atoms. The van der Waals surface area contributed by atoms with E-state index in [0.29, 0.717) is 11.9 Å². The minimum absolute atomic E-state index is 0.124. The van der Waals surface area contributed by atoms with Gasteiger partial charge >= 0.3 is 0 Å². The Morgan fingerprint density at radius 2 is 2.05 bits per heavy atom. The predicted molar refractivity (Wildman–Crippen MR) is 87.0 cm³/mol. The van der Waals surface area contributed by atoms with Crippen molar-refractivity contribution in [2.75, 3.05) is 13.2 Å². The number of carbonyl (C=O) groups excluding carboxylic acids is 1. The van der Waals surface area contributed by atoms with Gasteiger partial charge in [0.15, 0.2) is 0 Å². The standard InChI is InChI=1S/C17H22N2O3/c1-17(2,11-20)8-5-9-18-16(22)14-10-12-6-3-4-7-13(12)15(21)19-14/h3-4,6-7,10,20H,5,8-9,11H2,1-2H3,(H,18,22)(H,19,21). The summed E-state index contributed by atoms with van der Waals surface area (Å²) in [5.41, 5.74) is -0.128. The third-order valence-corrected chi connectivity index (χ3v) is 3.74. The molecule has 5 nitrogen and oxygen atoms in total. The summed E-state index contributed by atoms with van der Waals surface area (Å²) in [6.45, 7) is 4.60. The zero-order chi connectivity index (χ0) is 16.2. The van der Waals surface area contributed by atoms with Crippen molar-refractivity contribution in [3.05, 3.63) is 46.4 Å². The van der Waals surface area contributed by atoms with Crippen molar-refractivity contribution in [1.82, 2.24) is 10.3 Å². The zero-order valence-electron chi connectivity index (χ0n) is 13.0. The molecule has 0 spiro atoms. The number of pyridine rings is 1. The fourth-order valence-corrected chi connectivity index (χ4v) is 2.28. The van der Waals surface area contributed by atoms with Crippen molar-refractivity contribution >= 4 is 16.7 Å². The number of nitrogens with one attached hydrogen (secondary N) is 2. The number of aliphatic hydroxyl groups is 1. The Labute approximate surface area is 129 Å². The Kier molecular flexibility index (Phi) is 4.98. The van der Waals surface area contributed by atoms with Crippen LogP contribution < -0.4 is 10.9 Å². The second-order valence-electron chi connectivity index (χ2n) is 6.28. The molecule has 0 unspecified atom stereocenters. The van der Waals surface area contributed by atoms with Gasteiger partial charge in [-0.1, -0.05) is 32.0 Å². The van der Waals surface area contributed by atoms with Gasteiger partial charge in [0.25, 0.3) is 11.5 Å². The van der Waals surface area contributed by atoms with E-state index in [1.807, 2.05) is 26.0 Å². The molecular formula is C17H22N2O3. The van der Waals surface area contributed by atoms with Gasteiger partial charge in [-0.2, -0.15) is 0 Å². The number of aliphatic hydroxyl groups excluding tert-OH is 1. The Hall–Kier alpha value is -2.14. The van der Waals surface area contributed by atoms with Gasteiger partial charge in [-0.25, -0.2) is 0 Å². The highest BCUT2D eigenvalue weighted by atomic mass is 16.3. The highest BCUT2D eigenvalue weighted by Gasteiger charge is 2.16. The van der Waals surface area contributed by atoms with E-state index < -0.39 is 0 Å². The van der Waals surface area contributed by atoms with E-state index in [4.69, 9.17) is 0 Å². The van der Waals surface area contributed by atoms with E-state index in [1.54, 1.807) is 18.2 Å². The van der Waals surface area contributed by atoms with Crippen LogP contribution in [0.5, 0.6) is 0 Å². The summed E-state index contributed by atoms with van der Waals surface area (Å²) in [6.07, 6.45) is 1.59. The first-order valence-corrected chi connectivity index (χ1v) is 7.44. The van der Waals surface area contributed by atoms with E-state index in [9.17, 15) is 14.7 Å². The molecule has 5 heteroatoms. The molecule has 1 amide bonds. The van der Waals surface area contributed by atoms with Crippen LogP contribution in [0, 0.1) is 5.41 Å². The lowest BCUT2D eigenvalue weighted by molar-refractivity contribution is 0.0943. The molecule has 1 aromatic carbocycles. The van der Waals surface area contributed by atoms with Gasteiger partial charge in [-0.15, -0.1) is 0 Å². The quantitative estimate of drug-likeness (QED) is 0.714. The molecule has 0 fully saturated rings. The van der Waals surface area contributed by atoms with Crippen LogP contribution in [0.3, 0.4) is 0 Å². The molecule has 0 bridgehead atoms. The summed E-state index contributed by atoms with van der Waals surface area (Å²) in [4.78, 5) is 26.7. The molecule has 0 saturated carbocycles. The van der Waals surface area contributed by atoms with Crippen LogP contribution in [0.1, 0.15) is 37.2 Å². The molecule has 1 aromatic heterocycles. The molecule has 1 heterocycles. The second-order valence-corrected chi connectivity index (χ2v) is 6.28. The molecule has 0 aliphatic heterocycles. The second kappa shape index (κ2) is 6.75. The first kappa shape index (κ1) is 16.2. The molecule has 0 radical (unpaired) electrons. The average molecular weight is 302 g/mol. The number of rotatable bonds is 6. The van der Waals surface area contributed by atoms with E-state index in [2.05, 4.69) is 10.3 Å². The summed E-state index contributed by atoms with van der Waals surface area (Å²) in [5.74, 6) is -0.287. The van der Waals surface area contributed by atoms with E-state index in [1.165, 1.54) is 0 Å². The number of aromatic nitrogens is 1. The monoisotopic (exact) mass is 302 g/mol. The van der Waals surface area contributed by atoms with Crippen LogP contribution >= 0.6 is 0 Å². The summed E-state index contributed by atoms with van der Waals surface area (Å²) < 4.78 is 0. The maximum absolute atomic E-state index is 12.1. The Bertz CT molecular complexity index is 719. The van der Waals surface area contributed by atoms with Gasteiger partial charge in [-0.3, -0.25) is 9.59 Å². The van der Waals surface area contributed by atoms with Crippen LogP contribution in [0.4, 0.5) is 0 Å². The van der Waals surface area contributed by atoms with Crippen molar-refractivity contribution in [2.24, 2.45) is 5.41 Å². The van der Waals surface area contributed by atoms with Crippen LogP contribution in [0.2, 0.25) is 0 Å². The molecule has 0 saturated heterocycles. The summed E-state index contributed by atoms with van der Waals surface area (Å²) in [5, 5.41) is 13.3. The molecule has 0 atom stereocenters. The Morgan fingerprint density at radius 1 is 1.32 bits per heavy atom. The molecule has 3 N–H and O–H groups in total. The number of H-pyrrole nitrogens is 1. The number of fused-ring (bicyclic) bond motifs is 1. The summed E-state index contributed by atoms with van der Waals surface area (Å²) >= 11 is 0. The number of hydrogen-bond donors (Lipinski definition) is 3. The predicted octanol–water partition coefficient (Wildman–Crippen LogP) is 2.06. The third-order valence-electron chi connectivity index (χ3n) is 3.74. The summed E-state index contributed by atoms with van der Waals surface area (Å²) in [6, 6.07) is 8.85. The number of aromatic amines is 1. The molecule has 0 aliphatic rings. The minimum atomic E-state index is -0.287. The van der Waals surface area contributed by atoms with Gasteiger partial charge < -0.3 is 15.4 Å². The topological polar surface area (TPSA) is 82.2 Å². The third kappa shape index (κ3) is 3.95. The van der Waals surface area contributed by atoms with Crippen molar-refractivity contribution in [1.29, 1.82) is 0 Å². The van der Waals surface area contributed by atoms with Gasteiger partial charge in [0.2, 0.25) is 0 Å². The van der Waals surface area contributed by atoms with Crippen molar-refractivity contribution in [3.63, 3.8) is 0 Å². The Morgan fingerprint density at radius 3 is 2.77 bits per heavy atom. The highest BCUT2D eigenvalue weighted by Crippen LogP contribution is 2.20. The first-order valence-electron chi connectivity index (χ1n) is 7.44. The van der Waals surface area contributed by atoms with Gasteiger partial charge in [0.05, 0.1) is 0 Å². The molecular weight excluding hydrogens is 280 g/mol. The van der Waals surface area contributed by atoms with Crippen molar-refractivity contribution in [2.45, 2.75) is 26.7 Å². The maximum atomic E-state index is 12.1. The largest absolute Gasteiger partial charge is 0.396 e. The number of amides is 1. The maximum Gasteiger partial charge on any atom is 0.267 e. The fraction of sp³-hybridized carbons (Fsp3) is 0.412. The van der Waals surface area contributed by atoms with Gasteiger partial charge in [0.1, 0.15) is 5.69 Å². The van der Waals surface area contributed by atoms with Gasteiger partial charge in [0, 0.05) is 18.5 Å². The van der Waals surface area contributed by atoms with E-state index >= 15 is 0 Å². The van der Waals surface area contributed by atoms with Crippen LogP contribution in [0.25, 0.3) is 10.8 Å². The van der Waals surface area contributed by atoms with Crippen LogP contribution in [0.15, 0.2) is 35.1 Å². The molecule has 2 rings (SSSR count). The van der Waals surface area contributed by atoms with Crippen LogP contribution in [-0.4, -0.2) is 29.1 Å². The Balaban J connectivity index is 2.00. The molecule has 118 valence electrons. The van der Waals surface area contributed by atoms with Crippen LogP contribution in [-0.2, 0) is 0 Å². The van der Waals surface area contributed by atoms with E-state index in [0.717, 1.165) is 18.2 Å². The SMILES string of the molecule is CC(C)(CO)CCCNC(=O)c1cc2ccccc2c(=O)[nH]1.